The van der Waals surface area contributed by atoms with E-state index in [4.69, 9.17) is 4.74 Å². The Kier molecular flexibility index (Phi) is 7.83. The first-order valence-electron chi connectivity index (χ1n) is 10.6. The largest absolute Gasteiger partial charge is 0.482 e. The maximum absolute atomic E-state index is 12.4. The van der Waals surface area contributed by atoms with Crippen LogP contribution in [-0.2, 0) is 20.9 Å². The van der Waals surface area contributed by atoms with Crippen LogP contribution in [0.25, 0.3) is 10.9 Å². The number of aryl methyl sites for hydroxylation is 2. The number of nitrogens with one attached hydrogen (secondary N) is 2. The van der Waals surface area contributed by atoms with E-state index in [0.717, 1.165) is 11.1 Å². The number of nitrogens with zero attached hydrogens (tertiary/aromatic N) is 3. The molecule has 12 heteroatoms. The molecular weight excluding hydrogens is 483 g/mol. The van der Waals surface area contributed by atoms with Crippen LogP contribution in [0, 0.1) is 6.92 Å². The second-order valence-electron chi connectivity index (χ2n) is 8.14. The Morgan fingerprint density at radius 3 is 2.57 bits per heavy atom. The number of rotatable bonds is 8. The highest BCUT2D eigenvalue weighted by Gasteiger charge is 2.27. The molecule has 188 valence electrons. The molecule has 1 amide bonds. The molecule has 35 heavy (non-hydrogen) atoms. The third kappa shape index (κ3) is 7.54. The summed E-state index contributed by atoms with van der Waals surface area (Å²) in [6.45, 7) is 1.78. The van der Waals surface area contributed by atoms with Gasteiger partial charge in [0.1, 0.15) is 24.4 Å². The lowest BCUT2D eigenvalue weighted by Crippen LogP contribution is -2.36. The van der Waals surface area contributed by atoms with Gasteiger partial charge in [0.25, 0.3) is 5.91 Å². The molecule has 0 aliphatic heterocycles. The fourth-order valence-corrected chi connectivity index (χ4v) is 3.92. The Balaban J connectivity index is 1.91. The van der Waals surface area contributed by atoms with Crippen molar-refractivity contribution < 1.29 is 26.9 Å². The van der Waals surface area contributed by atoms with E-state index in [1.165, 1.54) is 6.33 Å². The van der Waals surface area contributed by atoms with Gasteiger partial charge < -0.3 is 15.4 Å². The minimum Gasteiger partial charge on any atom is -0.482 e. The van der Waals surface area contributed by atoms with Gasteiger partial charge in [-0.05, 0) is 48.7 Å². The van der Waals surface area contributed by atoms with Crippen LogP contribution in [-0.4, -0.2) is 51.9 Å². The molecule has 0 fully saturated rings. The number of fused-ring (bicyclic) bond motifs is 1. The van der Waals surface area contributed by atoms with Gasteiger partial charge in [-0.15, -0.1) is 0 Å². The molecule has 0 unspecified atom stereocenters. The predicted molar refractivity (Wildman–Crippen MR) is 130 cm³/mol. The van der Waals surface area contributed by atoms with Gasteiger partial charge in [-0.1, -0.05) is 13.0 Å². The van der Waals surface area contributed by atoms with E-state index in [9.17, 15) is 22.2 Å². The highest BCUT2D eigenvalue weighted by Crippen LogP contribution is 2.34. The Morgan fingerprint density at radius 1 is 1.17 bits per heavy atom. The fraction of sp³-hybridized carbons (Fsp3) is 0.348. The van der Waals surface area contributed by atoms with Gasteiger partial charge in [0.2, 0.25) is 0 Å². The topological polar surface area (TPSA) is 106 Å². The lowest BCUT2D eigenvalue weighted by molar-refractivity contribution is -0.139. The number of amides is 1. The van der Waals surface area contributed by atoms with Crippen molar-refractivity contribution in [3.05, 3.63) is 47.8 Å². The van der Waals surface area contributed by atoms with Gasteiger partial charge in [-0.2, -0.15) is 17.5 Å². The zero-order chi connectivity index (χ0) is 25.8. The molecule has 0 saturated carbocycles. The standard InChI is InChI=1S/C23H26F3N5O3S/c1-5-15-6-7-17(19(9-15)34-11-20(32)27-12-23(24,25)26)30-22-21-14(2)8-16(31-35(3,4)33)10-18(21)28-13-29-22/h6-10,13H,5,11-12H2,1-4H3,(H,27,32)(H,28,29,30). The Morgan fingerprint density at radius 2 is 1.91 bits per heavy atom. The molecule has 0 spiro atoms. The SMILES string of the molecule is CCc1ccc(Nc2ncnc3cc(N=S(C)(C)=O)cc(C)c23)c(OCC(=O)NCC(F)(F)F)c1. The van der Waals surface area contributed by atoms with Crippen LogP contribution in [0.3, 0.4) is 0 Å². The summed E-state index contributed by atoms with van der Waals surface area (Å²) >= 11 is 0. The van der Waals surface area contributed by atoms with Crippen molar-refractivity contribution in [3.63, 3.8) is 0 Å². The van der Waals surface area contributed by atoms with Crippen LogP contribution in [0.2, 0.25) is 0 Å². The first-order chi connectivity index (χ1) is 16.3. The van der Waals surface area contributed by atoms with E-state index in [-0.39, 0.29) is 0 Å². The maximum atomic E-state index is 12.4. The van der Waals surface area contributed by atoms with Crippen molar-refractivity contribution in [3.8, 4) is 5.75 Å². The van der Waals surface area contributed by atoms with Gasteiger partial charge in [0, 0.05) is 27.6 Å². The lowest BCUT2D eigenvalue weighted by atomic mass is 10.1. The second kappa shape index (κ2) is 10.5. The number of aromatic nitrogens is 2. The molecule has 0 saturated heterocycles. The summed E-state index contributed by atoms with van der Waals surface area (Å²) in [6, 6.07) is 8.82. The van der Waals surface area contributed by atoms with Crippen LogP contribution < -0.4 is 15.4 Å². The van der Waals surface area contributed by atoms with Crippen molar-refractivity contribution in [2.45, 2.75) is 26.4 Å². The first-order valence-corrected chi connectivity index (χ1v) is 13.0. The zero-order valence-electron chi connectivity index (χ0n) is 19.7. The number of ether oxygens (including phenoxy) is 1. The number of anilines is 2. The Bertz CT molecular complexity index is 1360. The molecule has 0 bridgehead atoms. The number of alkyl halides is 3. The minimum absolute atomic E-state index is 0.291. The first kappa shape index (κ1) is 26.2. The van der Waals surface area contributed by atoms with Crippen molar-refractivity contribution in [1.82, 2.24) is 15.3 Å². The predicted octanol–water partition coefficient (Wildman–Crippen LogP) is 4.66. The average Bonchev–Trinajstić information content (AvgIpc) is 2.75. The van der Waals surface area contributed by atoms with Crippen molar-refractivity contribution >= 4 is 43.7 Å². The summed E-state index contributed by atoms with van der Waals surface area (Å²) in [5.74, 6) is -0.138. The number of carbonyl (C=O) groups excluding carboxylic acids is 1. The highest BCUT2D eigenvalue weighted by molar-refractivity contribution is 7.92. The maximum Gasteiger partial charge on any atom is 0.405 e. The van der Waals surface area contributed by atoms with Crippen molar-refractivity contribution in [2.75, 3.05) is 31.0 Å². The van der Waals surface area contributed by atoms with E-state index in [0.29, 0.717) is 40.3 Å². The fourth-order valence-electron chi connectivity index (χ4n) is 3.30. The van der Waals surface area contributed by atoms with Gasteiger partial charge in [-0.25, -0.2) is 14.2 Å². The van der Waals surface area contributed by atoms with Crippen molar-refractivity contribution in [2.24, 2.45) is 4.36 Å². The molecule has 3 aromatic rings. The molecule has 2 N–H and O–H groups in total. The summed E-state index contributed by atoms with van der Waals surface area (Å²) in [5, 5.41) is 5.67. The third-order valence-corrected chi connectivity index (χ3v) is 5.45. The lowest BCUT2D eigenvalue weighted by Gasteiger charge is -2.16. The van der Waals surface area contributed by atoms with Crippen LogP contribution >= 0.6 is 0 Å². The molecule has 8 nitrogen and oxygen atoms in total. The summed E-state index contributed by atoms with van der Waals surface area (Å²) in [4.78, 5) is 20.5. The Hall–Kier alpha value is -3.41. The minimum atomic E-state index is -4.51. The molecule has 2 aromatic carbocycles. The quantitative estimate of drug-likeness (QED) is 0.458. The van der Waals surface area contributed by atoms with Gasteiger partial charge in [-0.3, -0.25) is 4.79 Å². The van der Waals surface area contributed by atoms with Crippen LogP contribution in [0.4, 0.5) is 30.4 Å². The molecular formula is C23H26F3N5O3S. The monoisotopic (exact) mass is 509 g/mol. The molecule has 1 heterocycles. The van der Waals surface area contributed by atoms with Crippen LogP contribution in [0.5, 0.6) is 5.75 Å². The van der Waals surface area contributed by atoms with Gasteiger partial charge >= 0.3 is 6.18 Å². The summed E-state index contributed by atoms with van der Waals surface area (Å²) in [6.07, 6.45) is 0.647. The van der Waals surface area contributed by atoms with E-state index >= 15 is 0 Å². The summed E-state index contributed by atoms with van der Waals surface area (Å²) < 4.78 is 59.0. The number of hydrogen-bond acceptors (Lipinski definition) is 7. The average molecular weight is 510 g/mol. The van der Waals surface area contributed by atoms with Gasteiger partial charge in [0.05, 0.1) is 16.9 Å². The number of benzene rings is 2. The molecule has 0 radical (unpaired) electrons. The van der Waals surface area contributed by atoms with E-state index in [1.54, 1.807) is 42.1 Å². The summed E-state index contributed by atoms with van der Waals surface area (Å²) in [5.41, 5.74) is 3.31. The summed E-state index contributed by atoms with van der Waals surface area (Å²) in [7, 11) is -2.35. The molecule has 0 atom stereocenters. The second-order valence-corrected chi connectivity index (χ2v) is 10.7. The van der Waals surface area contributed by atoms with E-state index in [2.05, 4.69) is 19.6 Å². The number of carbonyl (C=O) groups is 1. The normalized spacial score (nSPS) is 11.9. The Labute approximate surface area is 201 Å². The van der Waals surface area contributed by atoms with Crippen LogP contribution in [0.1, 0.15) is 18.1 Å². The third-order valence-electron chi connectivity index (χ3n) is 4.80. The smallest absolute Gasteiger partial charge is 0.405 e. The van der Waals surface area contributed by atoms with Gasteiger partial charge in [0.15, 0.2) is 6.61 Å². The van der Waals surface area contributed by atoms with E-state index < -0.39 is 35.0 Å². The highest BCUT2D eigenvalue weighted by atomic mass is 32.2. The molecule has 3 rings (SSSR count). The molecule has 0 aliphatic rings. The molecule has 0 aliphatic carbocycles. The zero-order valence-corrected chi connectivity index (χ0v) is 20.5. The number of hydrogen-bond donors (Lipinski definition) is 2. The molecule has 1 aromatic heterocycles. The van der Waals surface area contributed by atoms with Crippen molar-refractivity contribution in [1.29, 1.82) is 0 Å². The number of halogens is 3. The van der Waals surface area contributed by atoms with Crippen LogP contribution in [0.15, 0.2) is 41.0 Å². The van der Waals surface area contributed by atoms with E-state index in [1.807, 2.05) is 19.9 Å².